The topological polar surface area (TPSA) is 81.8 Å². The Morgan fingerprint density at radius 2 is 1.85 bits per heavy atom. The van der Waals surface area contributed by atoms with E-state index >= 15 is 0 Å². The number of benzene rings is 1. The first-order chi connectivity index (χ1) is 12.4. The number of aliphatic imine (C=N–C) groups is 1. The molecule has 0 aliphatic rings. The van der Waals surface area contributed by atoms with Crippen molar-refractivity contribution in [2.45, 2.75) is 46.2 Å². The average molecular weight is 484 g/mol. The van der Waals surface area contributed by atoms with Crippen molar-refractivity contribution in [3.05, 3.63) is 48.2 Å². The van der Waals surface area contributed by atoms with Gasteiger partial charge in [0.15, 0.2) is 17.5 Å². The fourth-order valence-corrected chi connectivity index (χ4v) is 2.20. The molecule has 2 rings (SSSR count). The van der Waals surface area contributed by atoms with Crippen LogP contribution in [0.5, 0.6) is 17.4 Å². The van der Waals surface area contributed by atoms with Crippen LogP contribution in [0, 0.1) is 0 Å². The van der Waals surface area contributed by atoms with Gasteiger partial charge in [-0.05, 0) is 45.4 Å². The van der Waals surface area contributed by atoms with E-state index in [2.05, 4.69) is 22.2 Å². The van der Waals surface area contributed by atoms with Gasteiger partial charge in [0.1, 0.15) is 0 Å². The van der Waals surface area contributed by atoms with Crippen LogP contribution in [0.2, 0.25) is 0 Å². The lowest BCUT2D eigenvalue weighted by Crippen LogP contribution is -2.44. The zero-order valence-corrected chi connectivity index (χ0v) is 18.7. The molecule has 0 amide bonds. The number of hydrogen-bond acceptors (Lipinski definition) is 4. The molecule has 0 radical (unpaired) electrons. The third-order valence-corrected chi connectivity index (χ3v) is 3.29. The minimum atomic E-state index is -0.141. The summed E-state index contributed by atoms with van der Waals surface area (Å²) < 4.78 is 11.7. The van der Waals surface area contributed by atoms with Crippen LogP contribution in [0.25, 0.3) is 0 Å². The molecule has 6 nitrogen and oxygen atoms in total. The molecule has 0 saturated carbocycles. The van der Waals surface area contributed by atoms with E-state index in [1.807, 2.05) is 57.2 Å². The standard InChI is InChI=1S/C20H28N4O2.HI/c1-5-13-25-16-10-6-7-11-17(16)26-18-15(9-8-12-22-18)14-23-19(21)24-20(2,3)4;/h6-12H,5,13-14H2,1-4H3,(H3,21,23,24);1H. The molecular formula is C20H29IN4O2. The monoisotopic (exact) mass is 484 g/mol. The highest BCUT2D eigenvalue weighted by Gasteiger charge is 2.12. The third kappa shape index (κ3) is 8.03. The molecule has 0 fully saturated rings. The number of rotatable bonds is 7. The lowest BCUT2D eigenvalue weighted by molar-refractivity contribution is 0.300. The van der Waals surface area contributed by atoms with Crippen molar-refractivity contribution in [3.8, 4) is 17.4 Å². The number of pyridine rings is 1. The third-order valence-electron chi connectivity index (χ3n) is 3.29. The number of ether oxygens (including phenoxy) is 2. The highest BCUT2D eigenvalue weighted by Crippen LogP contribution is 2.32. The van der Waals surface area contributed by atoms with Crippen LogP contribution in [0.15, 0.2) is 47.6 Å². The van der Waals surface area contributed by atoms with Crippen LogP contribution < -0.4 is 20.5 Å². The Labute approximate surface area is 178 Å². The van der Waals surface area contributed by atoms with Crippen LogP contribution in [0.4, 0.5) is 0 Å². The highest BCUT2D eigenvalue weighted by molar-refractivity contribution is 14.0. The number of para-hydroxylation sites is 2. The lowest BCUT2D eigenvalue weighted by Gasteiger charge is -2.21. The second kappa shape index (κ2) is 11.0. The Morgan fingerprint density at radius 1 is 1.15 bits per heavy atom. The SMILES string of the molecule is CCCOc1ccccc1Oc1ncccc1CN=C(N)NC(C)(C)C.I. The van der Waals surface area contributed by atoms with Crippen molar-refractivity contribution in [1.29, 1.82) is 0 Å². The summed E-state index contributed by atoms with van der Waals surface area (Å²) in [5.74, 6) is 2.21. The molecule has 1 aromatic carbocycles. The van der Waals surface area contributed by atoms with Gasteiger partial charge in [0.2, 0.25) is 5.88 Å². The van der Waals surface area contributed by atoms with Crippen molar-refractivity contribution < 1.29 is 9.47 Å². The van der Waals surface area contributed by atoms with Crippen LogP contribution in [-0.2, 0) is 6.54 Å². The van der Waals surface area contributed by atoms with E-state index in [-0.39, 0.29) is 29.5 Å². The number of halogens is 1. The Balaban J connectivity index is 0.00000364. The summed E-state index contributed by atoms with van der Waals surface area (Å²) in [6.07, 6.45) is 2.62. The van der Waals surface area contributed by atoms with Crippen LogP contribution in [0.3, 0.4) is 0 Å². The van der Waals surface area contributed by atoms with Crippen LogP contribution >= 0.6 is 24.0 Å². The lowest BCUT2D eigenvalue weighted by atomic mass is 10.1. The number of guanidine groups is 1. The van der Waals surface area contributed by atoms with Gasteiger partial charge in [0, 0.05) is 17.3 Å². The maximum Gasteiger partial charge on any atom is 0.224 e. The molecule has 1 aromatic heterocycles. The zero-order valence-electron chi connectivity index (χ0n) is 16.4. The van der Waals surface area contributed by atoms with Crippen LogP contribution in [0.1, 0.15) is 39.7 Å². The summed E-state index contributed by atoms with van der Waals surface area (Å²) in [5.41, 5.74) is 6.65. The second-order valence-electron chi connectivity index (χ2n) is 6.94. The maximum absolute atomic E-state index is 6.00. The van der Waals surface area contributed by atoms with Gasteiger partial charge in [-0.25, -0.2) is 9.98 Å². The first-order valence-corrected chi connectivity index (χ1v) is 8.80. The Bertz CT molecular complexity index is 745. The fraction of sp³-hybridized carbons (Fsp3) is 0.400. The van der Waals surface area contributed by atoms with Gasteiger partial charge in [-0.1, -0.05) is 25.1 Å². The van der Waals surface area contributed by atoms with Crippen molar-refractivity contribution in [3.63, 3.8) is 0 Å². The zero-order chi connectivity index (χ0) is 19.0. The maximum atomic E-state index is 6.00. The summed E-state index contributed by atoms with van der Waals surface area (Å²) in [5, 5.41) is 3.14. The van der Waals surface area contributed by atoms with Gasteiger partial charge >= 0.3 is 0 Å². The molecule has 7 heteroatoms. The predicted molar refractivity (Wildman–Crippen MR) is 120 cm³/mol. The summed E-state index contributed by atoms with van der Waals surface area (Å²) in [6.45, 7) is 9.16. The van der Waals surface area contributed by atoms with Gasteiger partial charge < -0.3 is 20.5 Å². The van der Waals surface area contributed by atoms with E-state index in [0.29, 0.717) is 36.5 Å². The van der Waals surface area contributed by atoms with Crippen LogP contribution in [-0.4, -0.2) is 23.1 Å². The van der Waals surface area contributed by atoms with Gasteiger partial charge in [-0.15, -0.1) is 24.0 Å². The summed E-state index contributed by atoms with van der Waals surface area (Å²) in [4.78, 5) is 8.73. The van der Waals surface area contributed by atoms with Gasteiger partial charge in [-0.3, -0.25) is 0 Å². The molecule has 0 spiro atoms. The number of aromatic nitrogens is 1. The van der Waals surface area contributed by atoms with Crippen molar-refractivity contribution in [2.75, 3.05) is 6.61 Å². The van der Waals surface area contributed by atoms with E-state index in [1.165, 1.54) is 0 Å². The summed E-state index contributed by atoms with van der Waals surface area (Å²) in [7, 11) is 0. The molecule has 0 aliphatic heterocycles. The van der Waals surface area contributed by atoms with Crippen molar-refractivity contribution in [1.82, 2.24) is 10.3 Å². The van der Waals surface area contributed by atoms with E-state index < -0.39 is 0 Å². The number of nitrogens with one attached hydrogen (secondary N) is 1. The second-order valence-corrected chi connectivity index (χ2v) is 6.94. The molecule has 27 heavy (non-hydrogen) atoms. The van der Waals surface area contributed by atoms with Gasteiger partial charge in [-0.2, -0.15) is 0 Å². The minimum absolute atomic E-state index is 0. The quantitative estimate of drug-likeness (QED) is 0.344. The molecule has 0 saturated heterocycles. The first-order valence-electron chi connectivity index (χ1n) is 8.80. The first kappa shape index (κ1) is 23.0. The molecule has 3 N–H and O–H groups in total. The van der Waals surface area contributed by atoms with Gasteiger partial charge in [0.25, 0.3) is 0 Å². The molecule has 0 unspecified atom stereocenters. The minimum Gasteiger partial charge on any atom is -0.490 e. The Kier molecular flexibility index (Phi) is 9.34. The molecule has 0 atom stereocenters. The summed E-state index contributed by atoms with van der Waals surface area (Å²) in [6, 6.07) is 11.3. The Hall–Kier alpha value is -2.03. The largest absolute Gasteiger partial charge is 0.490 e. The van der Waals surface area contributed by atoms with Crippen molar-refractivity contribution in [2.24, 2.45) is 10.7 Å². The van der Waals surface area contributed by atoms with Gasteiger partial charge in [0.05, 0.1) is 13.2 Å². The van der Waals surface area contributed by atoms with E-state index in [1.54, 1.807) is 6.20 Å². The molecule has 1 heterocycles. The van der Waals surface area contributed by atoms with Crippen molar-refractivity contribution >= 4 is 29.9 Å². The predicted octanol–water partition coefficient (Wildman–Crippen LogP) is 4.48. The average Bonchev–Trinajstić information content (AvgIpc) is 2.59. The fourth-order valence-electron chi connectivity index (χ4n) is 2.20. The Morgan fingerprint density at radius 3 is 2.52 bits per heavy atom. The highest BCUT2D eigenvalue weighted by atomic mass is 127. The normalized spacial score (nSPS) is 11.5. The molecular weight excluding hydrogens is 455 g/mol. The number of nitrogens with two attached hydrogens (primary N) is 1. The smallest absolute Gasteiger partial charge is 0.224 e. The van der Waals surface area contributed by atoms with E-state index in [0.717, 1.165) is 12.0 Å². The molecule has 0 bridgehead atoms. The summed E-state index contributed by atoms with van der Waals surface area (Å²) >= 11 is 0. The van der Waals surface area contributed by atoms with E-state index in [4.69, 9.17) is 15.2 Å². The molecule has 0 aliphatic carbocycles. The molecule has 148 valence electrons. The molecule has 2 aromatic rings. The number of hydrogen-bond donors (Lipinski definition) is 2. The number of nitrogens with zero attached hydrogens (tertiary/aromatic N) is 2. The van der Waals surface area contributed by atoms with E-state index in [9.17, 15) is 0 Å².